The van der Waals surface area contributed by atoms with Gasteiger partial charge in [-0.3, -0.25) is 9.69 Å². The van der Waals surface area contributed by atoms with Crippen molar-refractivity contribution < 1.29 is 21.6 Å². The van der Waals surface area contributed by atoms with Gasteiger partial charge in [0.25, 0.3) is 10.2 Å². The molecule has 1 heterocycles. The predicted octanol–water partition coefficient (Wildman–Crippen LogP) is 0.905. The molecule has 0 aromatic heterocycles. The minimum Gasteiger partial charge on any atom is -0.325 e. The number of piperazine rings is 1. The van der Waals surface area contributed by atoms with Crippen LogP contribution < -0.4 is 10.0 Å². The van der Waals surface area contributed by atoms with Gasteiger partial charge < -0.3 is 5.32 Å². The molecule has 0 spiro atoms. The molecular formula is C20H35N5O5S2. The lowest BCUT2D eigenvalue weighted by Gasteiger charge is -2.38. The predicted molar refractivity (Wildman–Crippen MR) is 125 cm³/mol. The molecule has 0 aliphatic carbocycles. The number of carbonyl (C=O) groups is 1. The van der Waals surface area contributed by atoms with Crippen LogP contribution in [0.15, 0.2) is 29.2 Å². The Morgan fingerprint density at radius 1 is 0.969 bits per heavy atom. The van der Waals surface area contributed by atoms with Gasteiger partial charge in [-0.05, 0) is 45.0 Å². The number of sulfonamides is 1. The zero-order valence-corrected chi connectivity index (χ0v) is 21.0. The van der Waals surface area contributed by atoms with Crippen molar-refractivity contribution in [2.75, 3.05) is 44.6 Å². The number of anilines is 1. The van der Waals surface area contributed by atoms with Gasteiger partial charge in [0, 0.05) is 51.0 Å². The van der Waals surface area contributed by atoms with Crippen molar-refractivity contribution in [1.82, 2.24) is 18.2 Å². The highest BCUT2D eigenvalue weighted by atomic mass is 32.2. The first-order valence-corrected chi connectivity index (χ1v) is 13.7. The molecule has 1 aliphatic heterocycles. The standard InChI is InChI=1S/C20H35N5O5S2/c1-6-24(7-2)32(29,30)25-14-12-23(13-15-25)17(5)20(26)21-18-8-10-19(11-9-18)31(27,28)22-16(3)4/h8-11,16-17,22H,6-7,12-15H2,1-5H3,(H,21,26). The highest BCUT2D eigenvalue weighted by Gasteiger charge is 2.33. The SMILES string of the molecule is CCN(CC)S(=O)(=O)N1CCN(C(C)C(=O)Nc2ccc(S(=O)(=O)NC(C)C)cc2)CC1. The van der Waals surface area contributed by atoms with Gasteiger partial charge in [-0.15, -0.1) is 0 Å². The van der Waals surface area contributed by atoms with Gasteiger partial charge in [-0.2, -0.15) is 17.0 Å². The molecule has 1 aromatic rings. The smallest absolute Gasteiger partial charge is 0.282 e. The molecule has 1 aromatic carbocycles. The maximum Gasteiger partial charge on any atom is 0.282 e. The van der Waals surface area contributed by atoms with Gasteiger partial charge in [0.15, 0.2) is 0 Å². The van der Waals surface area contributed by atoms with Crippen LogP contribution in [-0.2, 0) is 25.0 Å². The van der Waals surface area contributed by atoms with Crippen molar-refractivity contribution >= 4 is 31.8 Å². The minimum absolute atomic E-state index is 0.128. The van der Waals surface area contributed by atoms with Crippen LogP contribution in [0.4, 0.5) is 5.69 Å². The lowest BCUT2D eigenvalue weighted by Crippen LogP contribution is -2.56. The molecule has 0 saturated carbocycles. The average Bonchev–Trinajstić information content (AvgIpc) is 2.73. The summed E-state index contributed by atoms with van der Waals surface area (Å²) in [6, 6.07) is 5.31. The highest BCUT2D eigenvalue weighted by Crippen LogP contribution is 2.17. The molecule has 1 unspecified atom stereocenters. The molecule has 1 fully saturated rings. The summed E-state index contributed by atoms with van der Waals surface area (Å²) in [5.41, 5.74) is 0.494. The van der Waals surface area contributed by atoms with E-state index in [9.17, 15) is 21.6 Å². The number of nitrogens with zero attached hydrogens (tertiary/aromatic N) is 3. The second kappa shape index (κ2) is 11.0. The third-order valence-corrected chi connectivity index (χ3v) is 9.24. The Hall–Kier alpha value is -1.57. The molecule has 0 bridgehead atoms. The van der Waals surface area contributed by atoms with E-state index in [4.69, 9.17) is 0 Å². The van der Waals surface area contributed by atoms with Crippen molar-refractivity contribution in [3.63, 3.8) is 0 Å². The van der Waals surface area contributed by atoms with Crippen LogP contribution in [0.2, 0.25) is 0 Å². The minimum atomic E-state index is -3.59. The monoisotopic (exact) mass is 489 g/mol. The van der Waals surface area contributed by atoms with E-state index in [1.807, 2.05) is 18.7 Å². The maximum absolute atomic E-state index is 12.7. The summed E-state index contributed by atoms with van der Waals surface area (Å²) in [6.45, 7) is 11.3. The Kier molecular flexibility index (Phi) is 9.20. The zero-order chi connectivity index (χ0) is 24.1. The molecule has 12 heteroatoms. The van der Waals surface area contributed by atoms with Gasteiger partial charge in [0.2, 0.25) is 15.9 Å². The van der Waals surface area contributed by atoms with E-state index in [1.54, 1.807) is 32.9 Å². The van der Waals surface area contributed by atoms with E-state index >= 15 is 0 Å². The fraction of sp³-hybridized carbons (Fsp3) is 0.650. The molecule has 1 amide bonds. The Balaban J connectivity index is 1.95. The molecule has 2 N–H and O–H groups in total. The first-order chi connectivity index (χ1) is 14.9. The quantitative estimate of drug-likeness (QED) is 0.504. The Labute approximate surface area is 192 Å². The molecular weight excluding hydrogens is 454 g/mol. The Bertz CT molecular complexity index is 968. The molecule has 2 rings (SSSR count). The van der Waals surface area contributed by atoms with Crippen molar-refractivity contribution in [3.8, 4) is 0 Å². The van der Waals surface area contributed by atoms with E-state index in [1.165, 1.54) is 20.7 Å². The van der Waals surface area contributed by atoms with Crippen LogP contribution in [-0.4, -0.2) is 87.6 Å². The number of hydrogen-bond donors (Lipinski definition) is 2. The van der Waals surface area contributed by atoms with Crippen LogP contribution in [0.1, 0.15) is 34.6 Å². The van der Waals surface area contributed by atoms with E-state index in [-0.39, 0.29) is 16.8 Å². The van der Waals surface area contributed by atoms with Crippen LogP contribution in [0.5, 0.6) is 0 Å². The van der Waals surface area contributed by atoms with Gasteiger partial charge in [-0.1, -0.05) is 13.8 Å². The molecule has 0 radical (unpaired) electrons. The number of hydrogen-bond acceptors (Lipinski definition) is 6. The van der Waals surface area contributed by atoms with Gasteiger partial charge in [0.05, 0.1) is 10.9 Å². The Morgan fingerprint density at radius 2 is 1.50 bits per heavy atom. The fourth-order valence-electron chi connectivity index (χ4n) is 3.54. The molecule has 1 aliphatic rings. The maximum atomic E-state index is 12.7. The van der Waals surface area contributed by atoms with E-state index in [0.717, 1.165) is 0 Å². The lowest BCUT2D eigenvalue weighted by atomic mass is 10.2. The number of rotatable bonds is 10. The summed E-state index contributed by atoms with van der Waals surface area (Å²) in [6.07, 6.45) is 0. The summed E-state index contributed by atoms with van der Waals surface area (Å²) in [5, 5.41) is 2.80. The number of amides is 1. The van der Waals surface area contributed by atoms with Crippen LogP contribution in [0, 0.1) is 0 Å². The molecule has 1 atom stereocenters. The second-order valence-electron chi connectivity index (χ2n) is 7.99. The molecule has 1 saturated heterocycles. The number of nitrogens with one attached hydrogen (secondary N) is 2. The first kappa shape index (κ1) is 26.7. The lowest BCUT2D eigenvalue weighted by molar-refractivity contribution is -0.121. The van der Waals surface area contributed by atoms with Crippen molar-refractivity contribution in [2.45, 2.75) is 51.6 Å². The summed E-state index contributed by atoms with van der Waals surface area (Å²) >= 11 is 0. The molecule has 182 valence electrons. The number of carbonyl (C=O) groups excluding carboxylic acids is 1. The van der Waals surface area contributed by atoms with Crippen LogP contribution >= 0.6 is 0 Å². The average molecular weight is 490 g/mol. The van der Waals surface area contributed by atoms with Crippen molar-refractivity contribution in [3.05, 3.63) is 24.3 Å². The number of benzene rings is 1. The normalized spacial score (nSPS) is 17.6. The third-order valence-electron chi connectivity index (χ3n) is 5.38. The van der Waals surface area contributed by atoms with Crippen LogP contribution in [0.3, 0.4) is 0 Å². The van der Waals surface area contributed by atoms with Gasteiger partial charge in [0.1, 0.15) is 0 Å². The second-order valence-corrected chi connectivity index (χ2v) is 11.6. The summed E-state index contributed by atoms with van der Waals surface area (Å²) < 4.78 is 55.2. The fourth-order valence-corrected chi connectivity index (χ4v) is 6.40. The van der Waals surface area contributed by atoms with Crippen LogP contribution in [0.25, 0.3) is 0 Å². The zero-order valence-electron chi connectivity index (χ0n) is 19.4. The summed E-state index contributed by atoms with van der Waals surface area (Å²) in [4.78, 5) is 14.8. The van der Waals surface area contributed by atoms with Crippen molar-refractivity contribution in [1.29, 1.82) is 0 Å². The van der Waals surface area contributed by atoms with E-state index in [2.05, 4.69) is 10.0 Å². The third kappa shape index (κ3) is 6.49. The highest BCUT2D eigenvalue weighted by molar-refractivity contribution is 7.89. The summed E-state index contributed by atoms with van der Waals surface area (Å²) in [5.74, 6) is -0.235. The Morgan fingerprint density at radius 3 is 1.97 bits per heavy atom. The molecule has 10 nitrogen and oxygen atoms in total. The van der Waals surface area contributed by atoms with E-state index < -0.39 is 26.3 Å². The topological polar surface area (TPSA) is 119 Å². The van der Waals surface area contributed by atoms with Gasteiger partial charge >= 0.3 is 0 Å². The summed E-state index contributed by atoms with van der Waals surface area (Å²) in [7, 11) is -7.07. The van der Waals surface area contributed by atoms with E-state index in [0.29, 0.717) is 45.0 Å². The van der Waals surface area contributed by atoms with Gasteiger partial charge in [-0.25, -0.2) is 13.1 Å². The largest absolute Gasteiger partial charge is 0.325 e. The first-order valence-electron chi connectivity index (χ1n) is 10.8. The van der Waals surface area contributed by atoms with Crippen molar-refractivity contribution in [2.24, 2.45) is 0 Å². The molecule has 32 heavy (non-hydrogen) atoms.